The third-order valence-electron chi connectivity index (χ3n) is 6.08. The third kappa shape index (κ3) is 3.54. The van der Waals surface area contributed by atoms with E-state index in [0.717, 1.165) is 40.8 Å². The predicted octanol–water partition coefficient (Wildman–Crippen LogP) is 4.19. The second kappa shape index (κ2) is 8.41. The lowest BCUT2D eigenvalue weighted by Crippen LogP contribution is -2.32. The zero-order valence-electron chi connectivity index (χ0n) is 18.6. The highest BCUT2D eigenvalue weighted by atomic mass is 16.5. The number of aromatic nitrogens is 1. The van der Waals surface area contributed by atoms with Crippen molar-refractivity contribution in [3.05, 3.63) is 47.7 Å². The molecule has 0 saturated carbocycles. The summed E-state index contributed by atoms with van der Waals surface area (Å²) in [5, 5.41) is 0.929. The molecule has 1 aliphatic rings. The Morgan fingerprint density at radius 3 is 2.29 bits per heavy atom. The second-order valence-electron chi connectivity index (χ2n) is 7.62. The van der Waals surface area contributed by atoms with Gasteiger partial charge in [0.05, 0.1) is 40.0 Å². The van der Waals surface area contributed by atoms with Crippen LogP contribution in [0.4, 0.5) is 0 Å². The summed E-state index contributed by atoms with van der Waals surface area (Å²) in [4.78, 5) is 15.6. The SMILES string of the molecule is COc1ccc(OC)c(C2CCCN2C(=O)c2cc3cc(OC)c(OC)cc3n2C)c1. The number of methoxy groups -OCH3 is 4. The minimum Gasteiger partial charge on any atom is -0.497 e. The van der Waals surface area contributed by atoms with Crippen molar-refractivity contribution in [2.75, 3.05) is 35.0 Å². The average Bonchev–Trinajstić information content (AvgIpc) is 3.42. The zero-order chi connectivity index (χ0) is 22.1. The van der Waals surface area contributed by atoms with Gasteiger partial charge in [0.2, 0.25) is 0 Å². The van der Waals surface area contributed by atoms with Crippen LogP contribution in [0.3, 0.4) is 0 Å². The summed E-state index contributed by atoms with van der Waals surface area (Å²) in [7, 11) is 8.40. The van der Waals surface area contributed by atoms with Crippen LogP contribution in [0, 0.1) is 0 Å². The van der Waals surface area contributed by atoms with E-state index in [0.29, 0.717) is 23.7 Å². The minimum absolute atomic E-state index is 0.0102. The third-order valence-corrected chi connectivity index (χ3v) is 6.08. The summed E-state index contributed by atoms with van der Waals surface area (Å²) in [6.07, 6.45) is 1.81. The highest BCUT2D eigenvalue weighted by Crippen LogP contribution is 2.40. The number of carbonyl (C=O) groups is 1. The van der Waals surface area contributed by atoms with Crippen LogP contribution in [0.15, 0.2) is 36.4 Å². The van der Waals surface area contributed by atoms with Crippen LogP contribution in [0.2, 0.25) is 0 Å². The van der Waals surface area contributed by atoms with Gasteiger partial charge in [0.15, 0.2) is 11.5 Å². The van der Waals surface area contributed by atoms with Gasteiger partial charge in [0.25, 0.3) is 5.91 Å². The maximum absolute atomic E-state index is 13.7. The van der Waals surface area contributed by atoms with Crippen molar-refractivity contribution in [1.29, 1.82) is 0 Å². The number of hydrogen-bond acceptors (Lipinski definition) is 5. The first-order valence-electron chi connectivity index (χ1n) is 10.3. The molecule has 1 atom stereocenters. The second-order valence-corrected chi connectivity index (χ2v) is 7.62. The molecule has 7 nitrogen and oxygen atoms in total. The molecule has 1 amide bonds. The van der Waals surface area contributed by atoms with Gasteiger partial charge in [-0.2, -0.15) is 0 Å². The smallest absolute Gasteiger partial charge is 0.271 e. The van der Waals surface area contributed by atoms with Crippen LogP contribution >= 0.6 is 0 Å². The van der Waals surface area contributed by atoms with Gasteiger partial charge in [-0.3, -0.25) is 4.79 Å². The number of likely N-dealkylation sites (tertiary alicyclic amines) is 1. The molecule has 0 bridgehead atoms. The van der Waals surface area contributed by atoms with Crippen LogP contribution in [0.5, 0.6) is 23.0 Å². The van der Waals surface area contributed by atoms with E-state index < -0.39 is 0 Å². The normalized spacial score (nSPS) is 15.9. The standard InChI is InChI=1S/C24H28N2O5/c1-25-19-14-23(31-5)22(30-4)12-15(19)11-20(25)24(27)26-10-6-7-18(26)17-13-16(28-2)8-9-21(17)29-3/h8-9,11-14,18H,6-7,10H2,1-5H3. The molecule has 164 valence electrons. The Bertz CT molecular complexity index is 1120. The molecule has 0 aliphatic carbocycles. The van der Waals surface area contributed by atoms with Crippen molar-refractivity contribution in [1.82, 2.24) is 9.47 Å². The van der Waals surface area contributed by atoms with Crippen molar-refractivity contribution in [2.45, 2.75) is 18.9 Å². The number of rotatable bonds is 6. The van der Waals surface area contributed by atoms with E-state index in [1.54, 1.807) is 28.4 Å². The summed E-state index contributed by atoms with van der Waals surface area (Å²) in [6.45, 7) is 0.692. The Labute approximate surface area is 182 Å². The quantitative estimate of drug-likeness (QED) is 0.594. The minimum atomic E-state index is -0.0698. The van der Waals surface area contributed by atoms with Gasteiger partial charge in [0.1, 0.15) is 17.2 Å². The van der Waals surface area contributed by atoms with Crippen LogP contribution in [0.1, 0.15) is 34.9 Å². The molecule has 4 rings (SSSR count). The van der Waals surface area contributed by atoms with E-state index in [2.05, 4.69) is 0 Å². The molecule has 0 spiro atoms. The first-order chi connectivity index (χ1) is 15.0. The molecule has 1 fully saturated rings. The number of hydrogen-bond donors (Lipinski definition) is 0. The molecule has 1 saturated heterocycles. The number of amides is 1. The Morgan fingerprint density at radius 2 is 1.61 bits per heavy atom. The van der Waals surface area contributed by atoms with Crippen molar-refractivity contribution < 1.29 is 23.7 Å². The van der Waals surface area contributed by atoms with Gasteiger partial charge < -0.3 is 28.4 Å². The summed E-state index contributed by atoms with van der Waals surface area (Å²) < 4.78 is 23.8. The number of carbonyl (C=O) groups excluding carboxylic acids is 1. The van der Waals surface area contributed by atoms with E-state index in [4.69, 9.17) is 18.9 Å². The fourth-order valence-corrected chi connectivity index (χ4v) is 4.45. The Hall–Kier alpha value is -3.35. The number of nitrogens with zero attached hydrogens (tertiary/aromatic N) is 2. The Kier molecular flexibility index (Phi) is 5.67. The average molecular weight is 424 g/mol. The highest BCUT2D eigenvalue weighted by Gasteiger charge is 2.34. The number of fused-ring (bicyclic) bond motifs is 1. The maximum atomic E-state index is 13.7. The van der Waals surface area contributed by atoms with Crippen LogP contribution < -0.4 is 18.9 Å². The van der Waals surface area contributed by atoms with E-state index in [9.17, 15) is 4.79 Å². The van der Waals surface area contributed by atoms with Gasteiger partial charge in [0, 0.05) is 30.6 Å². The van der Waals surface area contributed by atoms with Gasteiger partial charge in [-0.15, -0.1) is 0 Å². The molecule has 3 aromatic rings. The summed E-state index contributed by atoms with van der Waals surface area (Å²) in [6, 6.07) is 11.4. The Balaban J connectivity index is 1.74. The van der Waals surface area contributed by atoms with E-state index in [-0.39, 0.29) is 11.9 Å². The summed E-state index contributed by atoms with van der Waals surface area (Å²) in [5.41, 5.74) is 2.50. The monoisotopic (exact) mass is 424 g/mol. The first kappa shape index (κ1) is 20.9. The predicted molar refractivity (Wildman–Crippen MR) is 119 cm³/mol. The molecular formula is C24H28N2O5. The molecule has 1 aromatic heterocycles. The molecule has 31 heavy (non-hydrogen) atoms. The van der Waals surface area contributed by atoms with Crippen LogP contribution in [0.25, 0.3) is 10.9 Å². The molecule has 0 radical (unpaired) electrons. The lowest BCUT2D eigenvalue weighted by atomic mass is 10.0. The van der Waals surface area contributed by atoms with E-state index in [1.165, 1.54) is 0 Å². The van der Waals surface area contributed by atoms with Crippen LogP contribution in [-0.2, 0) is 7.05 Å². The van der Waals surface area contributed by atoms with E-state index in [1.807, 2.05) is 52.9 Å². The topological polar surface area (TPSA) is 62.2 Å². The van der Waals surface area contributed by atoms with Gasteiger partial charge in [-0.25, -0.2) is 0 Å². The number of aryl methyl sites for hydroxylation is 1. The fraction of sp³-hybridized carbons (Fsp3) is 0.375. The molecule has 2 aromatic carbocycles. The maximum Gasteiger partial charge on any atom is 0.271 e. The summed E-state index contributed by atoms with van der Waals surface area (Å²) >= 11 is 0. The lowest BCUT2D eigenvalue weighted by molar-refractivity contribution is 0.0724. The molecule has 1 aliphatic heterocycles. The van der Waals surface area contributed by atoms with Gasteiger partial charge >= 0.3 is 0 Å². The van der Waals surface area contributed by atoms with Crippen molar-refractivity contribution in [3.63, 3.8) is 0 Å². The largest absolute Gasteiger partial charge is 0.497 e. The Morgan fingerprint density at radius 1 is 0.903 bits per heavy atom. The molecule has 7 heteroatoms. The van der Waals surface area contributed by atoms with Crippen molar-refractivity contribution >= 4 is 16.8 Å². The number of benzene rings is 2. The number of ether oxygens (including phenoxy) is 4. The molecule has 2 heterocycles. The first-order valence-corrected chi connectivity index (χ1v) is 10.3. The van der Waals surface area contributed by atoms with Gasteiger partial charge in [-0.1, -0.05) is 0 Å². The molecule has 0 N–H and O–H groups in total. The molecular weight excluding hydrogens is 396 g/mol. The summed E-state index contributed by atoms with van der Waals surface area (Å²) in [5.74, 6) is 2.77. The van der Waals surface area contributed by atoms with Crippen molar-refractivity contribution in [3.8, 4) is 23.0 Å². The zero-order valence-corrected chi connectivity index (χ0v) is 18.6. The molecule has 1 unspecified atom stereocenters. The van der Waals surface area contributed by atoms with Crippen LogP contribution in [-0.4, -0.2) is 50.4 Å². The van der Waals surface area contributed by atoms with Gasteiger partial charge in [-0.05, 0) is 43.2 Å². The van der Waals surface area contributed by atoms with Crippen molar-refractivity contribution in [2.24, 2.45) is 7.05 Å². The lowest BCUT2D eigenvalue weighted by Gasteiger charge is -2.27. The highest BCUT2D eigenvalue weighted by molar-refractivity contribution is 5.99. The van der Waals surface area contributed by atoms with E-state index >= 15 is 0 Å². The fourth-order valence-electron chi connectivity index (χ4n) is 4.45.